The molecule has 0 unspecified atom stereocenters. The van der Waals surface area contributed by atoms with Crippen LogP contribution in [0.3, 0.4) is 0 Å². The van der Waals surface area contributed by atoms with Crippen LogP contribution in [-0.4, -0.2) is 30.6 Å². The van der Waals surface area contributed by atoms with Gasteiger partial charge in [0, 0.05) is 18.5 Å². The van der Waals surface area contributed by atoms with Gasteiger partial charge in [0.25, 0.3) is 0 Å². The molecule has 0 fully saturated rings. The number of benzene rings is 1. The maximum atomic E-state index is 12.5. The van der Waals surface area contributed by atoms with Crippen LogP contribution in [0.2, 0.25) is 0 Å². The molecule has 5 nitrogen and oxygen atoms in total. The van der Waals surface area contributed by atoms with Gasteiger partial charge in [-0.1, -0.05) is 31.0 Å². The summed E-state index contributed by atoms with van der Waals surface area (Å²) in [5, 5.41) is 11.5. The highest BCUT2D eigenvalue weighted by Crippen LogP contribution is 2.31. The van der Waals surface area contributed by atoms with Gasteiger partial charge in [-0.15, -0.1) is 0 Å². The van der Waals surface area contributed by atoms with E-state index in [1.165, 1.54) is 0 Å². The number of carbonyl (C=O) groups is 2. The largest absolute Gasteiger partial charge is 0.496 e. The van der Waals surface area contributed by atoms with Crippen molar-refractivity contribution in [1.82, 2.24) is 5.32 Å². The predicted octanol–water partition coefficient (Wildman–Crippen LogP) is 3.12. The zero-order valence-corrected chi connectivity index (χ0v) is 14.2. The van der Waals surface area contributed by atoms with Crippen molar-refractivity contribution in [1.29, 1.82) is 0 Å². The number of hydrogen-bond donors (Lipinski definition) is 2. The summed E-state index contributed by atoms with van der Waals surface area (Å²) in [6.45, 7) is 4.37. The van der Waals surface area contributed by atoms with Crippen molar-refractivity contribution in [2.24, 2.45) is 0 Å². The Morgan fingerprint density at radius 3 is 2.43 bits per heavy atom. The lowest BCUT2D eigenvalue weighted by Gasteiger charge is -2.26. The van der Waals surface area contributed by atoms with Crippen LogP contribution < -0.4 is 10.1 Å². The Morgan fingerprint density at radius 1 is 1.13 bits per heavy atom. The van der Waals surface area contributed by atoms with E-state index < -0.39 is 11.4 Å². The Balaban J connectivity index is 2.42. The second-order valence-corrected chi connectivity index (χ2v) is 6.14. The molecule has 0 aliphatic carbocycles. The molecular formula is C18H27NO4. The predicted molar refractivity (Wildman–Crippen MR) is 89.8 cm³/mol. The third-order valence-electron chi connectivity index (χ3n) is 3.95. The van der Waals surface area contributed by atoms with Gasteiger partial charge in [-0.25, -0.2) is 0 Å². The van der Waals surface area contributed by atoms with E-state index >= 15 is 0 Å². The topological polar surface area (TPSA) is 75.6 Å². The highest BCUT2D eigenvalue weighted by atomic mass is 16.5. The summed E-state index contributed by atoms with van der Waals surface area (Å²) < 4.78 is 5.34. The lowest BCUT2D eigenvalue weighted by atomic mass is 9.83. The fourth-order valence-electron chi connectivity index (χ4n) is 2.46. The van der Waals surface area contributed by atoms with Crippen molar-refractivity contribution >= 4 is 11.9 Å². The minimum Gasteiger partial charge on any atom is -0.496 e. The van der Waals surface area contributed by atoms with E-state index in [0.717, 1.165) is 24.8 Å². The Bertz CT molecular complexity index is 526. The minimum atomic E-state index is -0.753. The molecule has 1 aromatic rings. The van der Waals surface area contributed by atoms with E-state index in [9.17, 15) is 9.59 Å². The van der Waals surface area contributed by atoms with Gasteiger partial charge >= 0.3 is 5.97 Å². The normalized spacial score (nSPS) is 11.1. The first kappa shape index (κ1) is 19.0. The monoisotopic (exact) mass is 321 g/mol. The molecule has 128 valence electrons. The van der Waals surface area contributed by atoms with Gasteiger partial charge < -0.3 is 15.2 Å². The molecule has 0 radical (unpaired) electrons. The number of aliphatic carboxylic acids is 1. The molecule has 0 atom stereocenters. The van der Waals surface area contributed by atoms with Crippen LogP contribution in [0.5, 0.6) is 5.75 Å². The zero-order valence-electron chi connectivity index (χ0n) is 14.2. The maximum absolute atomic E-state index is 12.5. The second kappa shape index (κ2) is 9.18. The van der Waals surface area contributed by atoms with Gasteiger partial charge in [0.15, 0.2) is 0 Å². The first-order valence-corrected chi connectivity index (χ1v) is 8.03. The highest BCUT2D eigenvalue weighted by Gasteiger charge is 2.32. The van der Waals surface area contributed by atoms with Crippen molar-refractivity contribution in [3.8, 4) is 5.75 Å². The van der Waals surface area contributed by atoms with E-state index in [2.05, 4.69) is 5.32 Å². The van der Waals surface area contributed by atoms with Crippen molar-refractivity contribution in [3.05, 3.63) is 29.8 Å². The fourth-order valence-corrected chi connectivity index (χ4v) is 2.46. The number of carboxylic acid groups (broad SMARTS) is 1. The molecule has 0 saturated carbocycles. The molecule has 2 N–H and O–H groups in total. The van der Waals surface area contributed by atoms with E-state index in [4.69, 9.17) is 9.84 Å². The summed E-state index contributed by atoms with van der Waals surface area (Å²) in [5.74, 6) is -0.0780. The Hall–Kier alpha value is -2.04. The van der Waals surface area contributed by atoms with Crippen LogP contribution in [0.15, 0.2) is 24.3 Å². The minimum absolute atomic E-state index is 0.0347. The number of ether oxygens (including phenoxy) is 1. The smallest absolute Gasteiger partial charge is 0.303 e. The Morgan fingerprint density at radius 2 is 1.78 bits per heavy atom. The maximum Gasteiger partial charge on any atom is 0.303 e. The Labute approximate surface area is 138 Å². The molecule has 1 rings (SSSR count). The van der Waals surface area contributed by atoms with Crippen LogP contribution in [0, 0.1) is 0 Å². The van der Waals surface area contributed by atoms with Gasteiger partial charge in [0.05, 0.1) is 12.5 Å². The molecule has 0 heterocycles. The average Bonchev–Trinajstić information content (AvgIpc) is 2.53. The van der Waals surface area contributed by atoms with Gasteiger partial charge in [-0.2, -0.15) is 0 Å². The molecular weight excluding hydrogens is 294 g/mol. The standard InChI is InChI=1S/C18H27NO4/c1-18(2,14-10-7-8-11-15(14)23-3)17(22)19-13-9-5-4-6-12-16(20)21/h7-8,10-11H,4-6,9,12-13H2,1-3H3,(H,19,22)(H,20,21). The third-order valence-corrected chi connectivity index (χ3v) is 3.95. The van der Waals surface area contributed by atoms with E-state index in [0.29, 0.717) is 18.7 Å². The molecule has 0 aliphatic rings. The fraction of sp³-hybridized carbons (Fsp3) is 0.556. The number of amides is 1. The number of rotatable bonds is 10. The lowest BCUT2D eigenvalue weighted by Crippen LogP contribution is -2.40. The number of unbranched alkanes of at least 4 members (excludes halogenated alkanes) is 3. The highest BCUT2D eigenvalue weighted by molar-refractivity contribution is 5.88. The number of para-hydroxylation sites is 1. The molecule has 0 aromatic heterocycles. The van der Waals surface area contributed by atoms with E-state index in [1.807, 2.05) is 38.1 Å². The van der Waals surface area contributed by atoms with Crippen molar-refractivity contribution in [3.63, 3.8) is 0 Å². The summed E-state index contributed by atoms with van der Waals surface area (Å²) in [7, 11) is 1.60. The lowest BCUT2D eigenvalue weighted by molar-refractivity contribution is -0.137. The van der Waals surface area contributed by atoms with Crippen LogP contribution in [-0.2, 0) is 15.0 Å². The summed E-state index contributed by atoms with van der Waals surface area (Å²) in [4.78, 5) is 22.9. The van der Waals surface area contributed by atoms with Gasteiger partial charge in [0.1, 0.15) is 5.75 Å². The molecule has 0 saturated heterocycles. The molecule has 5 heteroatoms. The van der Waals surface area contributed by atoms with Crippen LogP contribution in [0.1, 0.15) is 51.5 Å². The summed E-state index contributed by atoms with van der Waals surface area (Å²) in [6, 6.07) is 7.54. The number of methoxy groups -OCH3 is 1. The van der Waals surface area contributed by atoms with Crippen LogP contribution in [0.25, 0.3) is 0 Å². The second-order valence-electron chi connectivity index (χ2n) is 6.14. The molecule has 1 amide bonds. The quantitative estimate of drug-likeness (QED) is 0.649. The molecule has 0 spiro atoms. The van der Waals surface area contributed by atoms with E-state index in [-0.39, 0.29) is 12.3 Å². The molecule has 0 aliphatic heterocycles. The zero-order chi connectivity index (χ0) is 17.3. The van der Waals surface area contributed by atoms with E-state index in [1.54, 1.807) is 7.11 Å². The summed E-state index contributed by atoms with van der Waals surface area (Å²) in [6.07, 6.45) is 3.55. The van der Waals surface area contributed by atoms with Gasteiger partial charge in [-0.3, -0.25) is 9.59 Å². The van der Waals surface area contributed by atoms with Crippen molar-refractivity contribution in [2.45, 2.75) is 51.4 Å². The van der Waals surface area contributed by atoms with Crippen molar-refractivity contribution in [2.75, 3.05) is 13.7 Å². The molecule has 0 bridgehead atoms. The summed E-state index contributed by atoms with van der Waals surface area (Å²) >= 11 is 0. The van der Waals surface area contributed by atoms with Crippen LogP contribution in [0.4, 0.5) is 0 Å². The SMILES string of the molecule is COc1ccccc1C(C)(C)C(=O)NCCCCCCC(=O)O. The van der Waals surface area contributed by atoms with Gasteiger partial charge in [0.2, 0.25) is 5.91 Å². The third kappa shape index (κ3) is 5.93. The Kier molecular flexibility index (Phi) is 7.59. The first-order chi connectivity index (χ1) is 10.9. The van der Waals surface area contributed by atoms with Gasteiger partial charge in [-0.05, 0) is 32.8 Å². The first-order valence-electron chi connectivity index (χ1n) is 8.03. The number of hydrogen-bond acceptors (Lipinski definition) is 3. The number of carboxylic acids is 1. The average molecular weight is 321 g/mol. The molecule has 1 aromatic carbocycles. The number of carbonyl (C=O) groups excluding carboxylic acids is 1. The van der Waals surface area contributed by atoms with Crippen LogP contribution >= 0.6 is 0 Å². The number of nitrogens with one attached hydrogen (secondary N) is 1. The summed E-state index contributed by atoms with van der Waals surface area (Å²) in [5.41, 5.74) is 0.192. The molecule has 23 heavy (non-hydrogen) atoms. The van der Waals surface area contributed by atoms with Crippen molar-refractivity contribution < 1.29 is 19.4 Å².